The van der Waals surface area contributed by atoms with Gasteiger partial charge in [-0.15, -0.1) is 0 Å². The molecule has 0 unspecified atom stereocenters. The number of anilines is 1. The van der Waals surface area contributed by atoms with Gasteiger partial charge < -0.3 is 10.2 Å². The molecule has 10 heteroatoms. The molecule has 0 aliphatic heterocycles. The summed E-state index contributed by atoms with van der Waals surface area (Å²) in [6.07, 6.45) is 0.720. The third kappa shape index (κ3) is 7.75. The van der Waals surface area contributed by atoms with Crippen LogP contribution in [0.3, 0.4) is 0 Å². The van der Waals surface area contributed by atoms with E-state index in [1.54, 1.807) is 55.5 Å². The molecule has 3 rings (SSSR count). The van der Waals surface area contributed by atoms with E-state index in [0.717, 1.165) is 16.3 Å². The Hall–Kier alpha value is -3.07. The summed E-state index contributed by atoms with van der Waals surface area (Å²) in [5, 5.41) is 3.73. The van der Waals surface area contributed by atoms with Crippen molar-refractivity contribution in [3.63, 3.8) is 0 Å². The van der Waals surface area contributed by atoms with E-state index in [4.69, 9.17) is 23.2 Å². The highest BCUT2D eigenvalue weighted by Crippen LogP contribution is 2.26. The molecule has 3 aromatic rings. The Morgan fingerprint density at radius 3 is 2.13 bits per heavy atom. The predicted octanol–water partition coefficient (Wildman–Crippen LogP) is 5.83. The summed E-state index contributed by atoms with van der Waals surface area (Å²) in [4.78, 5) is 28.4. The highest BCUT2D eigenvalue weighted by Gasteiger charge is 2.33. The molecule has 0 aliphatic carbocycles. The fraction of sp³-hybridized carbons (Fsp3) is 0.310. The molecule has 0 fully saturated rings. The van der Waals surface area contributed by atoms with Crippen molar-refractivity contribution in [2.75, 3.05) is 10.8 Å². The lowest BCUT2D eigenvalue weighted by Crippen LogP contribution is -2.52. The third-order valence-corrected chi connectivity index (χ3v) is 8.88. The Balaban J connectivity index is 2.03. The zero-order chi connectivity index (χ0) is 28.7. The zero-order valence-electron chi connectivity index (χ0n) is 22.4. The highest BCUT2D eigenvalue weighted by atomic mass is 35.5. The first-order valence-electron chi connectivity index (χ1n) is 12.6. The van der Waals surface area contributed by atoms with Crippen LogP contribution in [0.1, 0.15) is 38.3 Å². The number of nitrogens with one attached hydrogen (secondary N) is 1. The SMILES string of the molecule is CC[C@@H](C)NC(=O)[C@H](C)N(Cc1ccccc1Cl)C(=O)CN(c1ccc(C)cc1)S(=O)(=O)c1ccc(Cl)cc1. The average molecular weight is 591 g/mol. The molecule has 0 aliphatic rings. The summed E-state index contributed by atoms with van der Waals surface area (Å²) in [5.74, 6) is -0.896. The number of amides is 2. The second kappa shape index (κ2) is 13.3. The normalized spacial score (nSPS) is 12.9. The number of nitrogens with zero attached hydrogens (tertiary/aromatic N) is 2. The van der Waals surface area contributed by atoms with E-state index in [-0.39, 0.29) is 23.4 Å². The van der Waals surface area contributed by atoms with E-state index < -0.39 is 28.5 Å². The summed E-state index contributed by atoms with van der Waals surface area (Å²) >= 11 is 12.4. The number of aryl methyl sites for hydroxylation is 1. The molecule has 0 bridgehead atoms. The second-order valence-corrected chi connectivity index (χ2v) is 12.1. The van der Waals surface area contributed by atoms with Crippen LogP contribution in [-0.2, 0) is 26.2 Å². The topological polar surface area (TPSA) is 86.8 Å². The van der Waals surface area contributed by atoms with E-state index in [9.17, 15) is 18.0 Å². The van der Waals surface area contributed by atoms with Gasteiger partial charge >= 0.3 is 0 Å². The predicted molar refractivity (Wildman–Crippen MR) is 157 cm³/mol. The standard InChI is InChI=1S/C29H33Cl2N3O4S/c1-5-21(3)32-29(36)22(4)33(18-23-8-6-7-9-27(23)31)28(35)19-34(25-14-10-20(2)11-15-25)39(37,38)26-16-12-24(30)13-17-26/h6-17,21-22H,5,18-19H2,1-4H3,(H,32,36)/t21-,22+/m1/s1. The molecule has 7 nitrogen and oxygen atoms in total. The minimum Gasteiger partial charge on any atom is -0.352 e. The van der Waals surface area contributed by atoms with Crippen LogP contribution in [0.2, 0.25) is 10.0 Å². The van der Waals surface area contributed by atoms with Gasteiger partial charge in [0.2, 0.25) is 11.8 Å². The zero-order valence-corrected chi connectivity index (χ0v) is 24.7. The summed E-state index contributed by atoms with van der Waals surface area (Å²) in [6, 6.07) is 18.6. The highest BCUT2D eigenvalue weighted by molar-refractivity contribution is 7.92. The summed E-state index contributed by atoms with van der Waals surface area (Å²) < 4.78 is 28.7. The van der Waals surface area contributed by atoms with Crippen molar-refractivity contribution in [2.45, 2.75) is 57.6 Å². The molecule has 1 N–H and O–H groups in total. The Kier molecular flexibility index (Phi) is 10.4. The number of halogens is 2. The van der Waals surface area contributed by atoms with Gasteiger partial charge in [-0.1, -0.05) is 66.0 Å². The third-order valence-electron chi connectivity index (χ3n) is 6.47. The van der Waals surface area contributed by atoms with Crippen LogP contribution in [0.15, 0.2) is 77.7 Å². The monoisotopic (exact) mass is 589 g/mol. The van der Waals surface area contributed by atoms with Gasteiger partial charge in [-0.2, -0.15) is 0 Å². The Bertz CT molecular complexity index is 1400. The minimum atomic E-state index is -4.16. The maximum Gasteiger partial charge on any atom is 0.264 e. The van der Waals surface area contributed by atoms with Gasteiger partial charge in [-0.05, 0) is 75.2 Å². The first kappa shape index (κ1) is 30.5. The van der Waals surface area contributed by atoms with Crippen LogP contribution in [0, 0.1) is 6.92 Å². The minimum absolute atomic E-state index is 0.0134. The average Bonchev–Trinajstić information content (AvgIpc) is 2.91. The van der Waals surface area contributed by atoms with Crippen LogP contribution in [0.25, 0.3) is 0 Å². The maximum absolute atomic E-state index is 13.9. The van der Waals surface area contributed by atoms with Crippen molar-refractivity contribution in [3.05, 3.63) is 94.0 Å². The molecule has 39 heavy (non-hydrogen) atoms. The van der Waals surface area contributed by atoms with E-state index in [1.807, 2.05) is 20.8 Å². The molecule has 2 amide bonds. The number of benzene rings is 3. The number of carbonyl (C=O) groups is 2. The molecule has 0 heterocycles. The number of hydrogen-bond acceptors (Lipinski definition) is 4. The summed E-state index contributed by atoms with van der Waals surface area (Å²) in [5.41, 5.74) is 1.89. The lowest BCUT2D eigenvalue weighted by Gasteiger charge is -2.32. The van der Waals surface area contributed by atoms with Crippen molar-refractivity contribution in [1.29, 1.82) is 0 Å². The van der Waals surface area contributed by atoms with Gasteiger partial charge in [-0.3, -0.25) is 13.9 Å². The van der Waals surface area contributed by atoms with E-state index in [2.05, 4.69) is 5.32 Å². The Morgan fingerprint density at radius 1 is 0.923 bits per heavy atom. The first-order valence-corrected chi connectivity index (χ1v) is 14.8. The largest absolute Gasteiger partial charge is 0.352 e. The summed E-state index contributed by atoms with van der Waals surface area (Å²) in [7, 11) is -4.16. The van der Waals surface area contributed by atoms with Crippen molar-refractivity contribution >= 4 is 50.7 Å². The van der Waals surface area contributed by atoms with Crippen molar-refractivity contribution in [1.82, 2.24) is 10.2 Å². The van der Waals surface area contributed by atoms with Crippen molar-refractivity contribution in [2.24, 2.45) is 0 Å². The molecular weight excluding hydrogens is 557 g/mol. The summed E-state index contributed by atoms with van der Waals surface area (Å²) in [6.45, 7) is 6.83. The number of carbonyl (C=O) groups excluding carboxylic acids is 2. The van der Waals surface area contributed by atoms with Crippen LogP contribution in [-0.4, -0.2) is 43.8 Å². The van der Waals surface area contributed by atoms with Crippen LogP contribution in [0.5, 0.6) is 0 Å². The van der Waals surface area contributed by atoms with E-state index >= 15 is 0 Å². The number of hydrogen-bond donors (Lipinski definition) is 1. The lowest BCUT2D eigenvalue weighted by atomic mass is 10.1. The van der Waals surface area contributed by atoms with Gasteiger partial charge in [0.1, 0.15) is 12.6 Å². The molecular formula is C29H33Cl2N3O4S. The molecule has 0 saturated carbocycles. The molecule has 208 valence electrons. The van der Waals surface area contributed by atoms with Gasteiger partial charge in [0.15, 0.2) is 0 Å². The van der Waals surface area contributed by atoms with Crippen LogP contribution < -0.4 is 9.62 Å². The number of rotatable bonds is 11. The molecule has 2 atom stereocenters. The van der Waals surface area contributed by atoms with E-state index in [1.165, 1.54) is 29.2 Å². The molecule has 0 saturated heterocycles. The number of sulfonamides is 1. The maximum atomic E-state index is 13.9. The van der Waals surface area contributed by atoms with Crippen molar-refractivity contribution in [3.8, 4) is 0 Å². The van der Waals surface area contributed by atoms with Gasteiger partial charge in [0.05, 0.1) is 10.6 Å². The lowest BCUT2D eigenvalue weighted by molar-refractivity contribution is -0.139. The molecule has 0 aromatic heterocycles. The quantitative estimate of drug-likeness (QED) is 0.305. The fourth-order valence-electron chi connectivity index (χ4n) is 3.83. The second-order valence-electron chi connectivity index (χ2n) is 9.41. The van der Waals surface area contributed by atoms with Crippen molar-refractivity contribution < 1.29 is 18.0 Å². The smallest absolute Gasteiger partial charge is 0.264 e. The molecule has 3 aromatic carbocycles. The van der Waals surface area contributed by atoms with Gasteiger partial charge in [0.25, 0.3) is 10.0 Å². The Morgan fingerprint density at radius 2 is 1.54 bits per heavy atom. The van der Waals surface area contributed by atoms with Gasteiger partial charge in [-0.25, -0.2) is 8.42 Å². The molecule has 0 spiro atoms. The van der Waals surface area contributed by atoms with Gasteiger partial charge in [0, 0.05) is 22.6 Å². The molecule has 0 radical (unpaired) electrons. The Labute approximate surface area is 240 Å². The fourth-order valence-corrected chi connectivity index (χ4v) is 5.57. The van der Waals surface area contributed by atoms with Crippen LogP contribution >= 0.6 is 23.2 Å². The first-order chi connectivity index (χ1) is 18.4. The van der Waals surface area contributed by atoms with Crippen LogP contribution in [0.4, 0.5) is 5.69 Å². The van der Waals surface area contributed by atoms with E-state index in [0.29, 0.717) is 21.3 Å².